The molecule has 1 aromatic rings. The molecular formula is C14H18N2O4. The van der Waals surface area contributed by atoms with Crippen molar-refractivity contribution in [3.63, 3.8) is 0 Å². The molecule has 20 heavy (non-hydrogen) atoms. The molecule has 1 saturated carbocycles. The number of hydrogen-bond donors (Lipinski definition) is 3. The van der Waals surface area contributed by atoms with Gasteiger partial charge >= 0.3 is 5.97 Å². The van der Waals surface area contributed by atoms with E-state index in [-0.39, 0.29) is 11.1 Å². The number of carbonyl (C=O) groups is 2. The first-order chi connectivity index (χ1) is 9.43. The van der Waals surface area contributed by atoms with Crippen LogP contribution < -0.4 is 10.9 Å². The van der Waals surface area contributed by atoms with Crippen LogP contribution in [0.5, 0.6) is 0 Å². The molecule has 0 bridgehead atoms. The Bertz CT molecular complexity index is 581. The number of hydrogen-bond acceptors (Lipinski definition) is 3. The van der Waals surface area contributed by atoms with Gasteiger partial charge in [0.1, 0.15) is 0 Å². The molecule has 108 valence electrons. The Morgan fingerprint density at radius 2 is 2.20 bits per heavy atom. The number of aromatic nitrogens is 1. The summed E-state index contributed by atoms with van der Waals surface area (Å²) in [6, 6.07) is 2.29. The number of carbonyl (C=O) groups excluding carboxylic acids is 1. The van der Waals surface area contributed by atoms with E-state index < -0.39 is 23.3 Å². The molecule has 6 nitrogen and oxygen atoms in total. The van der Waals surface area contributed by atoms with Crippen LogP contribution in [-0.2, 0) is 4.79 Å². The van der Waals surface area contributed by atoms with Gasteiger partial charge in [-0.1, -0.05) is 12.8 Å². The van der Waals surface area contributed by atoms with Gasteiger partial charge in [0.25, 0.3) is 5.91 Å². The third-order valence-corrected chi connectivity index (χ3v) is 4.04. The van der Waals surface area contributed by atoms with Gasteiger partial charge in [-0.05, 0) is 25.8 Å². The van der Waals surface area contributed by atoms with Crippen LogP contribution in [0.4, 0.5) is 0 Å². The molecule has 1 fully saturated rings. The number of amides is 1. The first-order valence-electron chi connectivity index (χ1n) is 6.66. The fraction of sp³-hybridized carbons (Fsp3) is 0.500. The molecule has 1 amide bonds. The van der Waals surface area contributed by atoms with Crippen LogP contribution in [0, 0.1) is 5.41 Å². The van der Waals surface area contributed by atoms with E-state index in [2.05, 4.69) is 10.3 Å². The van der Waals surface area contributed by atoms with Crippen molar-refractivity contribution in [3.8, 4) is 0 Å². The Morgan fingerprint density at radius 1 is 1.45 bits per heavy atom. The van der Waals surface area contributed by atoms with E-state index >= 15 is 0 Å². The molecule has 1 heterocycles. The van der Waals surface area contributed by atoms with Gasteiger partial charge < -0.3 is 15.4 Å². The van der Waals surface area contributed by atoms with Crippen molar-refractivity contribution in [1.82, 2.24) is 10.3 Å². The third-order valence-electron chi connectivity index (χ3n) is 4.04. The van der Waals surface area contributed by atoms with Gasteiger partial charge in [-0.2, -0.15) is 0 Å². The summed E-state index contributed by atoms with van der Waals surface area (Å²) >= 11 is 0. The second-order valence-corrected chi connectivity index (χ2v) is 5.44. The minimum absolute atomic E-state index is 0.243. The maximum atomic E-state index is 12.1. The summed E-state index contributed by atoms with van der Waals surface area (Å²) in [7, 11) is 0. The lowest BCUT2D eigenvalue weighted by Gasteiger charge is -2.38. The van der Waals surface area contributed by atoms with Gasteiger partial charge in [0.05, 0.1) is 5.41 Å². The van der Waals surface area contributed by atoms with Crippen LogP contribution in [0.2, 0.25) is 0 Å². The molecule has 3 N–H and O–H groups in total. The summed E-state index contributed by atoms with van der Waals surface area (Å²) in [6.45, 7) is 1.66. The highest BCUT2D eigenvalue weighted by Gasteiger charge is 2.43. The van der Waals surface area contributed by atoms with Gasteiger partial charge in [0.15, 0.2) is 0 Å². The van der Waals surface area contributed by atoms with E-state index in [9.17, 15) is 19.5 Å². The highest BCUT2D eigenvalue weighted by molar-refractivity contribution is 5.94. The molecular weight excluding hydrogens is 260 g/mol. The number of rotatable bonds is 3. The minimum atomic E-state index is -0.949. The number of carboxylic acids is 1. The van der Waals surface area contributed by atoms with E-state index in [0.29, 0.717) is 12.8 Å². The molecule has 0 aliphatic heterocycles. The molecule has 0 radical (unpaired) electrons. The number of carboxylic acid groups (broad SMARTS) is 1. The van der Waals surface area contributed by atoms with Crippen molar-refractivity contribution in [2.24, 2.45) is 5.41 Å². The van der Waals surface area contributed by atoms with Crippen molar-refractivity contribution >= 4 is 11.9 Å². The Kier molecular flexibility index (Phi) is 3.92. The Morgan fingerprint density at radius 3 is 2.85 bits per heavy atom. The quantitative estimate of drug-likeness (QED) is 0.772. The van der Waals surface area contributed by atoms with Crippen LogP contribution in [0.15, 0.2) is 23.1 Å². The standard InChI is InChI=1S/C14H18N2O4/c1-14(13(19)20)6-3-2-4-10(14)16-12(18)9-5-7-15-11(17)8-9/h5,7-8,10H,2-4,6H2,1H3,(H,15,17)(H,16,18)(H,19,20). The fourth-order valence-electron chi connectivity index (χ4n) is 2.65. The second kappa shape index (κ2) is 5.48. The number of H-pyrrole nitrogens is 1. The average Bonchev–Trinajstić information content (AvgIpc) is 2.41. The number of nitrogens with one attached hydrogen (secondary N) is 2. The number of aliphatic carboxylic acids is 1. The maximum absolute atomic E-state index is 12.1. The first-order valence-corrected chi connectivity index (χ1v) is 6.66. The van der Waals surface area contributed by atoms with Crippen molar-refractivity contribution in [3.05, 3.63) is 34.2 Å². The average molecular weight is 278 g/mol. The van der Waals surface area contributed by atoms with Gasteiger partial charge in [0.2, 0.25) is 5.56 Å². The molecule has 6 heteroatoms. The van der Waals surface area contributed by atoms with E-state index in [1.54, 1.807) is 6.92 Å². The van der Waals surface area contributed by atoms with E-state index in [4.69, 9.17) is 0 Å². The molecule has 0 aromatic carbocycles. The minimum Gasteiger partial charge on any atom is -0.481 e. The van der Waals surface area contributed by atoms with Crippen molar-refractivity contribution in [2.45, 2.75) is 38.6 Å². The Hall–Kier alpha value is -2.11. The van der Waals surface area contributed by atoms with Crippen LogP contribution >= 0.6 is 0 Å². The predicted octanol–water partition coefficient (Wildman–Crippen LogP) is 1.14. The monoisotopic (exact) mass is 278 g/mol. The second-order valence-electron chi connectivity index (χ2n) is 5.44. The van der Waals surface area contributed by atoms with E-state index in [0.717, 1.165) is 12.8 Å². The van der Waals surface area contributed by atoms with E-state index in [1.165, 1.54) is 18.3 Å². The van der Waals surface area contributed by atoms with Crippen LogP contribution in [-0.4, -0.2) is 28.0 Å². The topological polar surface area (TPSA) is 99.3 Å². The van der Waals surface area contributed by atoms with Crippen LogP contribution in [0.1, 0.15) is 43.0 Å². The summed E-state index contributed by atoms with van der Waals surface area (Å²) in [5.41, 5.74) is -1.07. The summed E-state index contributed by atoms with van der Waals surface area (Å²) < 4.78 is 0. The summed E-state index contributed by atoms with van der Waals surface area (Å²) in [5.74, 6) is -1.30. The summed E-state index contributed by atoms with van der Waals surface area (Å²) in [6.07, 6.45) is 4.32. The SMILES string of the molecule is CC1(C(=O)O)CCCCC1NC(=O)c1cc[nH]c(=O)c1. The fourth-order valence-corrected chi connectivity index (χ4v) is 2.65. The number of pyridine rings is 1. The summed E-state index contributed by atoms with van der Waals surface area (Å²) in [5, 5.41) is 12.2. The van der Waals surface area contributed by atoms with Gasteiger partial charge in [-0.25, -0.2) is 0 Å². The molecule has 2 unspecified atom stereocenters. The Balaban J connectivity index is 2.17. The lowest BCUT2D eigenvalue weighted by atomic mass is 9.71. The zero-order chi connectivity index (χ0) is 14.8. The maximum Gasteiger partial charge on any atom is 0.311 e. The Labute approximate surface area is 116 Å². The molecule has 1 aliphatic rings. The van der Waals surface area contributed by atoms with Crippen molar-refractivity contribution in [2.75, 3.05) is 0 Å². The van der Waals surface area contributed by atoms with Gasteiger partial charge in [-0.15, -0.1) is 0 Å². The van der Waals surface area contributed by atoms with E-state index in [1.807, 2.05) is 0 Å². The van der Waals surface area contributed by atoms with Crippen molar-refractivity contribution in [1.29, 1.82) is 0 Å². The van der Waals surface area contributed by atoms with Crippen molar-refractivity contribution < 1.29 is 14.7 Å². The predicted molar refractivity (Wildman–Crippen MR) is 72.5 cm³/mol. The molecule has 1 aromatic heterocycles. The third kappa shape index (κ3) is 2.74. The number of aromatic amines is 1. The first kappa shape index (κ1) is 14.3. The van der Waals surface area contributed by atoms with Crippen LogP contribution in [0.25, 0.3) is 0 Å². The smallest absolute Gasteiger partial charge is 0.311 e. The lowest BCUT2D eigenvalue weighted by Crippen LogP contribution is -2.52. The molecule has 2 atom stereocenters. The van der Waals surface area contributed by atoms with Gasteiger partial charge in [0, 0.05) is 23.9 Å². The molecule has 0 spiro atoms. The van der Waals surface area contributed by atoms with Crippen LogP contribution in [0.3, 0.4) is 0 Å². The zero-order valence-electron chi connectivity index (χ0n) is 11.3. The highest BCUT2D eigenvalue weighted by Crippen LogP contribution is 2.36. The molecule has 0 saturated heterocycles. The lowest BCUT2D eigenvalue weighted by molar-refractivity contribution is -0.151. The van der Waals surface area contributed by atoms with Gasteiger partial charge in [-0.3, -0.25) is 14.4 Å². The highest BCUT2D eigenvalue weighted by atomic mass is 16.4. The molecule has 2 rings (SSSR count). The molecule has 1 aliphatic carbocycles. The zero-order valence-corrected chi connectivity index (χ0v) is 11.3. The largest absolute Gasteiger partial charge is 0.481 e. The summed E-state index contributed by atoms with van der Waals surface area (Å²) in [4.78, 5) is 37.2. The normalized spacial score (nSPS) is 25.9.